The van der Waals surface area contributed by atoms with E-state index in [0.717, 1.165) is 27.7 Å². The van der Waals surface area contributed by atoms with Gasteiger partial charge in [-0.3, -0.25) is 10.2 Å². The van der Waals surface area contributed by atoms with E-state index in [1.165, 1.54) is 16.8 Å². The van der Waals surface area contributed by atoms with Crippen LogP contribution in [0.5, 0.6) is 11.5 Å². The van der Waals surface area contributed by atoms with Crippen LogP contribution < -0.4 is 9.47 Å². The van der Waals surface area contributed by atoms with Crippen LogP contribution in [0.2, 0.25) is 0 Å². The Labute approximate surface area is 191 Å². The highest BCUT2D eigenvalue weighted by molar-refractivity contribution is 8.27. The molecule has 0 radical (unpaired) electrons. The number of methoxy groups -OCH3 is 2. The third-order valence-corrected chi connectivity index (χ3v) is 6.57. The molecule has 0 fully saturated rings. The summed E-state index contributed by atoms with van der Waals surface area (Å²) < 4.78 is 13.0. The number of aromatic nitrogens is 1. The van der Waals surface area contributed by atoms with Gasteiger partial charge in [0.05, 0.1) is 25.5 Å². The molecule has 0 atom stereocenters. The predicted molar refractivity (Wildman–Crippen MR) is 128 cm³/mol. The number of benzene rings is 1. The number of rotatable bonds is 5. The van der Waals surface area contributed by atoms with Crippen molar-refractivity contribution in [3.05, 3.63) is 46.8 Å². The number of hydrazone groups is 1. The molecule has 8 nitrogen and oxygen atoms in total. The summed E-state index contributed by atoms with van der Waals surface area (Å²) in [7, 11) is 3.25. The van der Waals surface area contributed by atoms with Crippen molar-refractivity contribution >= 4 is 39.8 Å². The van der Waals surface area contributed by atoms with Gasteiger partial charge in [-0.1, -0.05) is 13.8 Å². The maximum Gasteiger partial charge on any atom is 0.283 e. The van der Waals surface area contributed by atoms with Gasteiger partial charge in [0.15, 0.2) is 5.84 Å². The highest BCUT2D eigenvalue weighted by Crippen LogP contribution is 2.34. The molecule has 2 aliphatic heterocycles. The third kappa shape index (κ3) is 3.62. The van der Waals surface area contributed by atoms with Crippen LogP contribution in [0.3, 0.4) is 0 Å². The van der Waals surface area contributed by atoms with Gasteiger partial charge in [-0.15, -0.1) is 0 Å². The molecule has 9 heteroatoms. The van der Waals surface area contributed by atoms with Crippen molar-refractivity contribution in [2.75, 3.05) is 14.2 Å². The molecule has 1 aromatic heterocycles. The van der Waals surface area contributed by atoms with E-state index in [4.69, 9.17) is 14.9 Å². The molecule has 32 heavy (non-hydrogen) atoms. The van der Waals surface area contributed by atoms with E-state index in [1.807, 2.05) is 56.5 Å². The highest BCUT2D eigenvalue weighted by atomic mass is 32.2. The Bertz CT molecular complexity index is 1220. The number of thioether (sulfide) groups is 1. The second-order valence-corrected chi connectivity index (χ2v) is 8.80. The molecule has 0 bridgehead atoms. The second kappa shape index (κ2) is 8.31. The molecular weight excluding hydrogens is 426 g/mol. The lowest BCUT2D eigenvalue weighted by Crippen LogP contribution is -2.35. The highest BCUT2D eigenvalue weighted by Gasteiger charge is 2.36. The van der Waals surface area contributed by atoms with Crippen molar-refractivity contribution in [3.8, 4) is 17.2 Å². The lowest BCUT2D eigenvalue weighted by atomic mass is 10.1. The maximum atomic E-state index is 12.8. The van der Waals surface area contributed by atoms with Crippen LogP contribution in [0.4, 0.5) is 0 Å². The number of aliphatic imine (C=N–C) groups is 1. The molecule has 2 aromatic rings. The Balaban J connectivity index is 1.78. The number of carbonyl (C=O) groups is 1. The SMILES string of the molecule is COc1ccc(OC)c(-n2c(C)cc(/C=C3\C(=N)N4N=C(C(C)C)SC4=NC3=O)c2C)c1. The summed E-state index contributed by atoms with van der Waals surface area (Å²) in [6, 6.07) is 7.58. The molecule has 0 saturated carbocycles. The van der Waals surface area contributed by atoms with Crippen molar-refractivity contribution in [1.29, 1.82) is 5.41 Å². The normalized spacial score (nSPS) is 17.1. The number of amidine groups is 2. The van der Waals surface area contributed by atoms with E-state index in [0.29, 0.717) is 16.7 Å². The smallest absolute Gasteiger partial charge is 0.283 e. The fourth-order valence-corrected chi connectivity index (χ4v) is 4.56. The Kier molecular flexibility index (Phi) is 5.68. The summed E-state index contributed by atoms with van der Waals surface area (Å²) in [5, 5.41) is 15.8. The van der Waals surface area contributed by atoms with Gasteiger partial charge in [-0.05, 0) is 55.4 Å². The number of aryl methyl sites for hydroxylation is 1. The number of amides is 1. The van der Waals surface area contributed by atoms with Crippen LogP contribution in [-0.2, 0) is 4.79 Å². The zero-order valence-electron chi connectivity index (χ0n) is 18.9. The number of fused-ring (bicyclic) bond motifs is 1. The lowest BCUT2D eigenvalue weighted by molar-refractivity contribution is -0.114. The summed E-state index contributed by atoms with van der Waals surface area (Å²) in [6.07, 6.45) is 1.71. The summed E-state index contributed by atoms with van der Waals surface area (Å²) in [6.45, 7) is 7.99. The Morgan fingerprint density at radius 1 is 1.16 bits per heavy atom. The molecule has 166 valence electrons. The summed E-state index contributed by atoms with van der Waals surface area (Å²) >= 11 is 1.34. The van der Waals surface area contributed by atoms with Crippen LogP contribution in [0.15, 0.2) is 39.9 Å². The number of nitrogens with zero attached hydrogens (tertiary/aromatic N) is 4. The molecule has 4 rings (SSSR count). The van der Waals surface area contributed by atoms with Gasteiger partial charge in [0.2, 0.25) is 5.17 Å². The van der Waals surface area contributed by atoms with E-state index in [2.05, 4.69) is 10.1 Å². The van der Waals surface area contributed by atoms with Crippen LogP contribution >= 0.6 is 11.8 Å². The van der Waals surface area contributed by atoms with Crippen LogP contribution in [0.25, 0.3) is 11.8 Å². The van der Waals surface area contributed by atoms with Gasteiger partial charge in [0, 0.05) is 23.4 Å². The fraction of sp³-hybridized carbons (Fsp3) is 0.304. The van der Waals surface area contributed by atoms with Crippen LogP contribution in [0.1, 0.15) is 30.8 Å². The van der Waals surface area contributed by atoms with E-state index >= 15 is 0 Å². The molecule has 3 heterocycles. The van der Waals surface area contributed by atoms with Crippen molar-refractivity contribution in [2.45, 2.75) is 27.7 Å². The van der Waals surface area contributed by atoms with Crippen molar-refractivity contribution in [1.82, 2.24) is 9.58 Å². The standard InChI is InChI=1S/C23H25N5O3S/c1-12(2)22-26-28-20(24)17(21(29)25-23(28)32-22)10-15-9-13(3)27(14(15)4)18-11-16(30-5)7-8-19(18)31-6/h7-12,24H,1-6H3/b17-10+,24-20?. The molecule has 0 aliphatic carbocycles. The first kappa shape index (κ1) is 21.9. The van der Waals surface area contributed by atoms with Gasteiger partial charge in [0.25, 0.3) is 5.91 Å². The van der Waals surface area contributed by atoms with E-state index < -0.39 is 5.91 Å². The Hall–Kier alpha value is -3.33. The quantitative estimate of drug-likeness (QED) is 0.681. The first-order valence-corrected chi connectivity index (χ1v) is 11.0. The van der Waals surface area contributed by atoms with Crippen molar-refractivity contribution in [3.63, 3.8) is 0 Å². The maximum absolute atomic E-state index is 12.8. The number of nitrogens with one attached hydrogen (secondary N) is 1. The molecule has 2 aliphatic rings. The fourth-order valence-electron chi connectivity index (χ4n) is 3.67. The van der Waals surface area contributed by atoms with E-state index in [-0.39, 0.29) is 17.3 Å². The monoisotopic (exact) mass is 451 g/mol. The van der Waals surface area contributed by atoms with Gasteiger partial charge >= 0.3 is 0 Å². The number of hydrogen-bond donors (Lipinski definition) is 1. The third-order valence-electron chi connectivity index (χ3n) is 5.36. The zero-order chi connectivity index (χ0) is 23.2. The van der Waals surface area contributed by atoms with Crippen LogP contribution in [-0.4, -0.2) is 45.7 Å². The van der Waals surface area contributed by atoms with Crippen molar-refractivity contribution < 1.29 is 14.3 Å². The zero-order valence-corrected chi connectivity index (χ0v) is 19.7. The molecule has 1 amide bonds. The Morgan fingerprint density at radius 2 is 1.91 bits per heavy atom. The lowest BCUT2D eigenvalue weighted by Gasteiger charge is -2.20. The van der Waals surface area contributed by atoms with Crippen LogP contribution in [0, 0.1) is 25.2 Å². The molecule has 1 aromatic carbocycles. The second-order valence-electron chi connectivity index (χ2n) is 7.81. The number of ether oxygens (including phenoxy) is 2. The molecular formula is C23H25N5O3S. The van der Waals surface area contributed by atoms with E-state index in [1.54, 1.807) is 20.3 Å². The summed E-state index contributed by atoms with van der Waals surface area (Å²) in [5.41, 5.74) is 3.72. The van der Waals surface area contributed by atoms with Gasteiger partial charge in [-0.25, -0.2) is 0 Å². The summed E-state index contributed by atoms with van der Waals surface area (Å²) in [5.74, 6) is 1.21. The van der Waals surface area contributed by atoms with Gasteiger partial charge in [-0.2, -0.15) is 15.1 Å². The van der Waals surface area contributed by atoms with Crippen molar-refractivity contribution in [2.24, 2.45) is 16.0 Å². The topological polar surface area (TPSA) is 92.3 Å². The van der Waals surface area contributed by atoms with Gasteiger partial charge in [0.1, 0.15) is 16.5 Å². The molecule has 1 N–H and O–H groups in total. The molecule has 0 unspecified atom stereocenters. The number of hydrogen-bond acceptors (Lipinski definition) is 6. The summed E-state index contributed by atoms with van der Waals surface area (Å²) in [4.78, 5) is 16.9. The predicted octanol–water partition coefficient (Wildman–Crippen LogP) is 4.39. The minimum Gasteiger partial charge on any atom is -0.497 e. The number of carbonyl (C=O) groups excluding carboxylic acids is 1. The minimum atomic E-state index is -0.433. The largest absolute Gasteiger partial charge is 0.497 e. The minimum absolute atomic E-state index is 0.0342. The first-order chi connectivity index (χ1) is 15.2. The van der Waals surface area contributed by atoms with Gasteiger partial charge < -0.3 is 14.0 Å². The molecule has 0 spiro atoms. The average Bonchev–Trinajstić information content (AvgIpc) is 3.31. The first-order valence-electron chi connectivity index (χ1n) is 10.2. The molecule has 0 saturated heterocycles. The van der Waals surface area contributed by atoms with E-state index in [9.17, 15) is 4.79 Å². The Morgan fingerprint density at radius 3 is 2.56 bits per heavy atom. The average molecular weight is 452 g/mol.